The molecule has 0 aliphatic carbocycles. The third-order valence-electron chi connectivity index (χ3n) is 2.82. The number of benzene rings is 2. The molecule has 0 saturated heterocycles. The number of carbonyl (C=O) groups excluding carboxylic acids is 1. The highest BCUT2D eigenvalue weighted by atomic mass is 16.3. The van der Waals surface area contributed by atoms with Crippen LogP contribution in [0.5, 0.6) is 5.75 Å². The number of anilines is 1. The summed E-state index contributed by atoms with van der Waals surface area (Å²) in [6.07, 6.45) is 0.116. The smallest absolute Gasteiger partial charge is 0.228 e. The standard InChI is InChI=1S/C17H16N2O2/c18-10-4-6-13-5-3-8-15(11-13)19-17(21)12-14-7-1-2-9-16(14)20/h1-3,5,7-9,11,20H,10,12,18H2,(H,19,21). The molecular weight excluding hydrogens is 264 g/mol. The number of phenols is 1. The van der Waals surface area contributed by atoms with E-state index in [1.165, 1.54) is 0 Å². The van der Waals surface area contributed by atoms with E-state index in [0.29, 0.717) is 17.8 Å². The van der Waals surface area contributed by atoms with Crippen LogP contribution in [0, 0.1) is 11.8 Å². The maximum absolute atomic E-state index is 12.0. The van der Waals surface area contributed by atoms with Gasteiger partial charge < -0.3 is 16.2 Å². The van der Waals surface area contributed by atoms with Gasteiger partial charge in [-0.1, -0.05) is 36.1 Å². The number of nitrogens with two attached hydrogens (primary N) is 1. The van der Waals surface area contributed by atoms with Crippen LogP contribution in [0.3, 0.4) is 0 Å². The summed E-state index contributed by atoms with van der Waals surface area (Å²) in [5.74, 6) is 5.60. The van der Waals surface area contributed by atoms with Crippen molar-refractivity contribution < 1.29 is 9.90 Å². The van der Waals surface area contributed by atoms with Gasteiger partial charge in [0.1, 0.15) is 5.75 Å². The number of phenolic OH excluding ortho intramolecular Hbond substituents is 1. The number of carbonyl (C=O) groups is 1. The Morgan fingerprint density at radius 3 is 2.76 bits per heavy atom. The van der Waals surface area contributed by atoms with E-state index < -0.39 is 0 Å². The summed E-state index contributed by atoms with van der Waals surface area (Å²) in [5, 5.41) is 12.4. The first kappa shape index (κ1) is 14.6. The number of nitrogens with one attached hydrogen (secondary N) is 1. The van der Waals surface area contributed by atoms with Crippen LogP contribution < -0.4 is 11.1 Å². The van der Waals surface area contributed by atoms with Crippen molar-refractivity contribution in [1.29, 1.82) is 0 Å². The van der Waals surface area contributed by atoms with Crippen molar-refractivity contribution >= 4 is 11.6 Å². The molecule has 0 fully saturated rings. The van der Waals surface area contributed by atoms with Gasteiger partial charge in [-0.25, -0.2) is 0 Å². The summed E-state index contributed by atoms with van der Waals surface area (Å²) in [6, 6.07) is 14.0. The molecule has 0 aromatic heterocycles. The zero-order valence-corrected chi connectivity index (χ0v) is 11.5. The summed E-state index contributed by atoms with van der Waals surface area (Å²) in [6.45, 7) is 0.296. The molecule has 4 heteroatoms. The van der Waals surface area contributed by atoms with Crippen LogP contribution in [0.2, 0.25) is 0 Å². The maximum Gasteiger partial charge on any atom is 0.228 e. The molecule has 4 N–H and O–H groups in total. The first-order chi connectivity index (χ1) is 10.2. The third kappa shape index (κ3) is 4.37. The van der Waals surface area contributed by atoms with E-state index in [0.717, 1.165) is 5.56 Å². The van der Waals surface area contributed by atoms with Gasteiger partial charge in [-0.3, -0.25) is 4.79 Å². The zero-order chi connectivity index (χ0) is 15.1. The van der Waals surface area contributed by atoms with E-state index in [2.05, 4.69) is 17.2 Å². The Morgan fingerprint density at radius 1 is 1.19 bits per heavy atom. The predicted molar refractivity (Wildman–Crippen MR) is 82.8 cm³/mol. The molecule has 0 heterocycles. The SMILES string of the molecule is NCC#Cc1cccc(NC(=O)Cc2ccccc2O)c1. The lowest BCUT2D eigenvalue weighted by atomic mass is 10.1. The average Bonchev–Trinajstić information content (AvgIpc) is 2.48. The molecule has 2 rings (SSSR count). The topological polar surface area (TPSA) is 75.3 Å². The first-order valence-electron chi connectivity index (χ1n) is 6.55. The van der Waals surface area contributed by atoms with Gasteiger partial charge in [0.2, 0.25) is 5.91 Å². The van der Waals surface area contributed by atoms with Crippen molar-refractivity contribution in [1.82, 2.24) is 0 Å². The monoisotopic (exact) mass is 280 g/mol. The minimum Gasteiger partial charge on any atom is -0.508 e. The van der Waals surface area contributed by atoms with Crippen LogP contribution in [0.1, 0.15) is 11.1 Å². The van der Waals surface area contributed by atoms with Gasteiger partial charge in [-0.2, -0.15) is 0 Å². The van der Waals surface area contributed by atoms with Gasteiger partial charge in [0.25, 0.3) is 0 Å². The zero-order valence-electron chi connectivity index (χ0n) is 11.5. The molecule has 2 aromatic rings. The second-order valence-electron chi connectivity index (χ2n) is 4.44. The van der Waals surface area contributed by atoms with E-state index in [1.54, 1.807) is 36.4 Å². The second kappa shape index (κ2) is 7.13. The summed E-state index contributed by atoms with van der Waals surface area (Å²) < 4.78 is 0. The summed E-state index contributed by atoms with van der Waals surface area (Å²) in [7, 11) is 0. The van der Waals surface area contributed by atoms with E-state index in [4.69, 9.17) is 5.73 Å². The minimum atomic E-state index is -0.194. The maximum atomic E-state index is 12.0. The molecule has 4 nitrogen and oxygen atoms in total. The molecule has 2 aromatic carbocycles. The fourth-order valence-electron chi connectivity index (χ4n) is 1.87. The van der Waals surface area contributed by atoms with Crippen LogP contribution in [0.4, 0.5) is 5.69 Å². The highest BCUT2D eigenvalue weighted by Crippen LogP contribution is 2.17. The van der Waals surface area contributed by atoms with E-state index in [1.807, 2.05) is 12.1 Å². The van der Waals surface area contributed by atoms with Crippen molar-refractivity contribution in [2.75, 3.05) is 11.9 Å². The quantitative estimate of drug-likeness (QED) is 0.751. The molecule has 0 saturated carbocycles. The summed E-state index contributed by atoms with van der Waals surface area (Å²) in [5.41, 5.74) is 7.38. The second-order valence-corrected chi connectivity index (χ2v) is 4.44. The Kier molecular flexibility index (Phi) is 4.97. The van der Waals surface area contributed by atoms with Gasteiger partial charge in [0, 0.05) is 16.8 Å². The lowest BCUT2D eigenvalue weighted by molar-refractivity contribution is -0.115. The molecule has 0 aliphatic heterocycles. The Balaban J connectivity index is 2.04. The van der Waals surface area contributed by atoms with Gasteiger partial charge in [-0.15, -0.1) is 0 Å². The highest BCUT2D eigenvalue weighted by molar-refractivity contribution is 5.92. The van der Waals surface area contributed by atoms with Crippen LogP contribution in [-0.4, -0.2) is 17.6 Å². The fraction of sp³-hybridized carbons (Fsp3) is 0.118. The number of hydrogen-bond donors (Lipinski definition) is 3. The van der Waals surface area contributed by atoms with Crippen molar-refractivity contribution in [3.8, 4) is 17.6 Å². The number of hydrogen-bond acceptors (Lipinski definition) is 3. The lowest BCUT2D eigenvalue weighted by Crippen LogP contribution is -2.14. The number of para-hydroxylation sites is 1. The number of rotatable bonds is 3. The molecule has 0 atom stereocenters. The van der Waals surface area contributed by atoms with Gasteiger partial charge >= 0.3 is 0 Å². The van der Waals surface area contributed by atoms with E-state index in [9.17, 15) is 9.90 Å². The van der Waals surface area contributed by atoms with Crippen LogP contribution >= 0.6 is 0 Å². The Labute approximate surface area is 123 Å². The summed E-state index contributed by atoms with van der Waals surface area (Å²) >= 11 is 0. The van der Waals surface area contributed by atoms with Crippen molar-refractivity contribution in [3.05, 3.63) is 59.7 Å². The van der Waals surface area contributed by atoms with Crippen molar-refractivity contribution in [2.24, 2.45) is 5.73 Å². The van der Waals surface area contributed by atoms with Gasteiger partial charge in [0.15, 0.2) is 0 Å². The third-order valence-corrected chi connectivity index (χ3v) is 2.82. The van der Waals surface area contributed by atoms with Crippen LogP contribution in [0.25, 0.3) is 0 Å². The Morgan fingerprint density at radius 2 is 2.00 bits per heavy atom. The Bertz CT molecular complexity index is 699. The van der Waals surface area contributed by atoms with Gasteiger partial charge in [0.05, 0.1) is 13.0 Å². The van der Waals surface area contributed by atoms with Crippen LogP contribution in [0.15, 0.2) is 48.5 Å². The first-order valence-corrected chi connectivity index (χ1v) is 6.55. The molecule has 0 unspecified atom stereocenters. The molecule has 0 aliphatic rings. The molecule has 0 bridgehead atoms. The largest absolute Gasteiger partial charge is 0.508 e. The van der Waals surface area contributed by atoms with E-state index >= 15 is 0 Å². The lowest BCUT2D eigenvalue weighted by Gasteiger charge is -2.07. The molecule has 0 radical (unpaired) electrons. The molecule has 1 amide bonds. The number of aromatic hydroxyl groups is 1. The molecule has 21 heavy (non-hydrogen) atoms. The van der Waals surface area contributed by atoms with Gasteiger partial charge in [-0.05, 0) is 24.3 Å². The highest BCUT2D eigenvalue weighted by Gasteiger charge is 2.07. The Hall–Kier alpha value is -2.77. The number of amides is 1. The molecular formula is C17H16N2O2. The minimum absolute atomic E-state index is 0.116. The van der Waals surface area contributed by atoms with Crippen molar-refractivity contribution in [3.63, 3.8) is 0 Å². The van der Waals surface area contributed by atoms with E-state index in [-0.39, 0.29) is 18.1 Å². The van der Waals surface area contributed by atoms with Crippen molar-refractivity contribution in [2.45, 2.75) is 6.42 Å². The average molecular weight is 280 g/mol. The normalized spacial score (nSPS) is 9.57. The fourth-order valence-corrected chi connectivity index (χ4v) is 1.87. The molecule has 106 valence electrons. The summed E-state index contributed by atoms with van der Waals surface area (Å²) in [4.78, 5) is 12.0. The molecule has 0 spiro atoms. The predicted octanol–water partition coefficient (Wildman–Crippen LogP) is 1.88. The van der Waals surface area contributed by atoms with Crippen LogP contribution in [-0.2, 0) is 11.2 Å².